The van der Waals surface area contributed by atoms with Gasteiger partial charge < -0.3 is 4.57 Å². The van der Waals surface area contributed by atoms with Gasteiger partial charge in [0, 0.05) is 29.3 Å². The van der Waals surface area contributed by atoms with Crippen molar-refractivity contribution in [1.82, 2.24) is 4.57 Å². The maximum absolute atomic E-state index is 14.1. The molecule has 0 fully saturated rings. The van der Waals surface area contributed by atoms with Gasteiger partial charge in [0.05, 0.1) is 5.52 Å². The number of hydrogen-bond acceptors (Lipinski definition) is 0. The molecule has 0 atom stereocenters. The zero-order valence-electron chi connectivity index (χ0n) is 11.9. The van der Waals surface area contributed by atoms with Crippen LogP contribution in [0.3, 0.4) is 0 Å². The van der Waals surface area contributed by atoms with Crippen molar-refractivity contribution in [2.24, 2.45) is 7.05 Å². The third-order valence-corrected chi connectivity index (χ3v) is 3.64. The predicted octanol–water partition coefficient (Wildman–Crippen LogP) is 4.99. The molecule has 1 aliphatic rings. The number of allylic oxidation sites excluding steroid dienone is 2. The lowest BCUT2D eigenvalue weighted by Gasteiger charge is -2.04. The molecule has 0 aliphatic heterocycles. The molecular weight excluding hydrogens is 249 g/mol. The van der Waals surface area contributed by atoms with E-state index < -0.39 is 0 Å². The molecule has 20 heavy (non-hydrogen) atoms. The van der Waals surface area contributed by atoms with Crippen LogP contribution in [0.2, 0.25) is 0 Å². The van der Waals surface area contributed by atoms with Crippen molar-refractivity contribution in [2.45, 2.75) is 13.8 Å². The van der Waals surface area contributed by atoms with Crippen molar-refractivity contribution in [3.05, 3.63) is 65.8 Å². The number of aromatic nitrogens is 1. The molecule has 1 aromatic heterocycles. The van der Waals surface area contributed by atoms with Crippen LogP contribution in [0.5, 0.6) is 0 Å². The third kappa shape index (κ3) is 1.75. The Hall–Kier alpha value is -2.09. The van der Waals surface area contributed by atoms with E-state index in [1.54, 1.807) is 6.07 Å². The fraction of sp³-hybridized carbons (Fsp3) is 0.167. The quantitative estimate of drug-likeness (QED) is 0.585. The van der Waals surface area contributed by atoms with Crippen LogP contribution in [0.25, 0.3) is 21.8 Å². The number of nitrogens with zero attached hydrogens (tertiary/aromatic N) is 1. The molecule has 0 bridgehead atoms. The molecule has 0 saturated carbocycles. The highest BCUT2D eigenvalue weighted by Gasteiger charge is 2.22. The van der Waals surface area contributed by atoms with Crippen molar-refractivity contribution < 1.29 is 4.39 Å². The smallest absolute Gasteiger partial charge is 0.147 e. The normalized spacial score (nSPS) is 13.6. The zero-order valence-corrected chi connectivity index (χ0v) is 11.9. The van der Waals surface area contributed by atoms with Gasteiger partial charge in [-0.1, -0.05) is 50.3 Å². The third-order valence-electron chi connectivity index (χ3n) is 3.64. The fourth-order valence-electron chi connectivity index (χ4n) is 2.73. The largest absolute Gasteiger partial charge is 0.341 e. The van der Waals surface area contributed by atoms with Crippen LogP contribution in [0.4, 0.5) is 4.39 Å². The summed E-state index contributed by atoms with van der Waals surface area (Å²) in [5, 5.41) is 2.14. The first kappa shape index (κ1) is 12.9. The lowest BCUT2D eigenvalue weighted by Crippen LogP contribution is -1.92. The summed E-state index contributed by atoms with van der Waals surface area (Å²) in [7, 11) is 1.92. The lowest BCUT2D eigenvalue weighted by atomic mass is 10.0. The van der Waals surface area contributed by atoms with Gasteiger partial charge in [-0.3, -0.25) is 0 Å². The Morgan fingerprint density at radius 2 is 1.65 bits per heavy atom. The Morgan fingerprint density at radius 1 is 0.950 bits per heavy atom. The van der Waals surface area contributed by atoms with E-state index >= 15 is 0 Å². The topological polar surface area (TPSA) is 4.93 Å². The number of para-hydroxylation sites is 1. The van der Waals surface area contributed by atoms with E-state index in [9.17, 15) is 4.39 Å². The van der Waals surface area contributed by atoms with Crippen molar-refractivity contribution in [2.75, 3.05) is 0 Å². The standard InChI is InChI=1S/C16H11FN.C2H6/c1-18-14-5-3-2-4-12(14)15-11(10-6-7-10)8-9-13(17)16(15)18;1-2/h2-9H,1H3;1-2H3. The highest BCUT2D eigenvalue weighted by atomic mass is 19.1. The second kappa shape index (κ2) is 4.78. The van der Waals surface area contributed by atoms with Gasteiger partial charge in [-0.05, 0) is 17.7 Å². The number of benzene rings is 2. The van der Waals surface area contributed by atoms with Gasteiger partial charge in [-0.15, -0.1) is 0 Å². The Bertz CT molecular complexity index is 805. The van der Waals surface area contributed by atoms with Gasteiger partial charge in [0.15, 0.2) is 0 Å². The molecule has 0 spiro atoms. The number of rotatable bonds is 1. The van der Waals surface area contributed by atoms with Gasteiger partial charge in [-0.25, -0.2) is 4.39 Å². The van der Waals surface area contributed by atoms with Crippen LogP contribution in [-0.4, -0.2) is 4.57 Å². The molecule has 1 nitrogen and oxygen atoms in total. The van der Waals surface area contributed by atoms with Crippen molar-refractivity contribution in [3.8, 4) is 0 Å². The van der Waals surface area contributed by atoms with Gasteiger partial charge in [-0.2, -0.15) is 0 Å². The van der Waals surface area contributed by atoms with E-state index in [0.717, 1.165) is 21.9 Å². The molecular formula is C18H17FN. The molecule has 101 valence electrons. The fourth-order valence-corrected chi connectivity index (χ4v) is 2.73. The molecule has 0 unspecified atom stereocenters. The number of halogens is 1. The minimum absolute atomic E-state index is 0.159. The molecule has 2 aromatic carbocycles. The number of aryl methyl sites for hydroxylation is 1. The maximum Gasteiger partial charge on any atom is 0.147 e. The highest BCUT2D eigenvalue weighted by molar-refractivity contribution is 6.11. The van der Waals surface area contributed by atoms with Crippen molar-refractivity contribution >= 4 is 21.8 Å². The average Bonchev–Trinajstić information content (AvgIpc) is 3.29. The number of fused-ring (bicyclic) bond motifs is 3. The lowest BCUT2D eigenvalue weighted by molar-refractivity contribution is 0.632. The first-order valence-corrected chi connectivity index (χ1v) is 6.98. The molecule has 4 rings (SSSR count). The summed E-state index contributed by atoms with van der Waals surface area (Å²) in [4.78, 5) is 0. The maximum atomic E-state index is 14.1. The minimum atomic E-state index is -0.159. The second-order valence-electron chi connectivity index (χ2n) is 4.68. The van der Waals surface area contributed by atoms with Crippen LogP contribution in [0.1, 0.15) is 19.4 Å². The summed E-state index contributed by atoms with van der Waals surface area (Å²) in [6.45, 7) is 4.00. The van der Waals surface area contributed by atoms with Gasteiger partial charge >= 0.3 is 0 Å². The minimum Gasteiger partial charge on any atom is -0.341 e. The Morgan fingerprint density at radius 3 is 2.35 bits per heavy atom. The van der Waals surface area contributed by atoms with E-state index in [4.69, 9.17) is 0 Å². The summed E-state index contributed by atoms with van der Waals surface area (Å²) < 4.78 is 16.0. The Kier molecular flexibility index (Phi) is 3.09. The Balaban J connectivity index is 0.000000581. The summed E-state index contributed by atoms with van der Waals surface area (Å²) in [5.74, 6) is 1.05. The van der Waals surface area contributed by atoms with Crippen molar-refractivity contribution in [3.63, 3.8) is 0 Å². The van der Waals surface area contributed by atoms with Crippen molar-refractivity contribution in [1.29, 1.82) is 0 Å². The van der Waals surface area contributed by atoms with Gasteiger partial charge in [0.2, 0.25) is 0 Å². The summed E-state index contributed by atoms with van der Waals surface area (Å²) in [6, 6.07) is 11.5. The first-order valence-electron chi connectivity index (χ1n) is 6.98. The van der Waals surface area contributed by atoms with Crippen LogP contribution in [0.15, 0.2) is 48.6 Å². The molecule has 1 heterocycles. The molecule has 0 amide bonds. The second-order valence-corrected chi connectivity index (χ2v) is 4.68. The molecule has 3 aromatic rings. The van der Waals surface area contributed by atoms with Crippen LogP contribution in [0, 0.1) is 11.7 Å². The van der Waals surface area contributed by atoms with Crippen LogP contribution >= 0.6 is 0 Å². The summed E-state index contributed by atoms with van der Waals surface area (Å²) in [5.41, 5.74) is 2.89. The average molecular weight is 266 g/mol. The number of hydrogen-bond donors (Lipinski definition) is 0. The van der Waals surface area contributed by atoms with Crippen LogP contribution in [-0.2, 0) is 7.05 Å². The monoisotopic (exact) mass is 266 g/mol. The summed E-state index contributed by atoms with van der Waals surface area (Å²) >= 11 is 0. The van der Waals surface area contributed by atoms with E-state index in [0.29, 0.717) is 5.52 Å². The molecule has 1 radical (unpaired) electrons. The van der Waals surface area contributed by atoms with E-state index in [2.05, 4.69) is 18.2 Å². The van der Waals surface area contributed by atoms with Gasteiger partial charge in [0.1, 0.15) is 5.82 Å². The SMILES string of the molecule is CC.Cn1c2ccccc2c2c([C]3C=C3)ccc(F)c21. The van der Waals surface area contributed by atoms with E-state index in [1.807, 2.05) is 49.7 Å². The molecule has 0 saturated heterocycles. The van der Waals surface area contributed by atoms with Crippen LogP contribution < -0.4 is 0 Å². The highest BCUT2D eigenvalue weighted by Crippen LogP contribution is 2.39. The Labute approximate surface area is 118 Å². The zero-order chi connectivity index (χ0) is 14.3. The molecule has 2 heteroatoms. The predicted molar refractivity (Wildman–Crippen MR) is 83.2 cm³/mol. The summed E-state index contributed by atoms with van der Waals surface area (Å²) in [6.07, 6.45) is 4.13. The molecule has 0 N–H and O–H groups in total. The molecule has 1 aliphatic carbocycles. The van der Waals surface area contributed by atoms with E-state index in [1.165, 1.54) is 5.92 Å². The van der Waals surface area contributed by atoms with E-state index in [-0.39, 0.29) is 5.82 Å². The first-order chi connectivity index (χ1) is 9.77. The van der Waals surface area contributed by atoms with Gasteiger partial charge in [0.25, 0.3) is 0 Å².